The summed E-state index contributed by atoms with van der Waals surface area (Å²) in [6.07, 6.45) is 2.27. The number of aromatic nitrogens is 2. The van der Waals surface area contributed by atoms with Crippen LogP contribution in [0, 0.1) is 6.92 Å². The Kier molecular flexibility index (Phi) is 5.53. The van der Waals surface area contributed by atoms with E-state index >= 15 is 0 Å². The molecule has 0 radical (unpaired) electrons. The fourth-order valence-electron chi connectivity index (χ4n) is 3.67. The highest BCUT2D eigenvalue weighted by atomic mass is 32.2. The van der Waals surface area contributed by atoms with Crippen LogP contribution >= 0.6 is 23.1 Å². The number of carbonyl (C=O) groups is 1. The van der Waals surface area contributed by atoms with Gasteiger partial charge >= 0.3 is 0 Å². The van der Waals surface area contributed by atoms with E-state index in [1.165, 1.54) is 17.3 Å². The van der Waals surface area contributed by atoms with Gasteiger partial charge in [0, 0.05) is 11.8 Å². The Labute approximate surface area is 188 Å². The van der Waals surface area contributed by atoms with Crippen LogP contribution in [-0.2, 0) is 4.79 Å². The van der Waals surface area contributed by atoms with Crippen molar-refractivity contribution in [2.75, 3.05) is 5.75 Å². The van der Waals surface area contributed by atoms with Gasteiger partial charge in [0.25, 0.3) is 5.91 Å². The van der Waals surface area contributed by atoms with Gasteiger partial charge < -0.3 is 0 Å². The zero-order valence-corrected chi connectivity index (χ0v) is 18.6. The van der Waals surface area contributed by atoms with Crippen molar-refractivity contribution < 1.29 is 4.79 Å². The fraction of sp³-hybridized carbons (Fsp3) is 0.167. The molecule has 1 aliphatic heterocycles. The molecule has 4 aromatic rings. The molecule has 0 saturated heterocycles. The molecule has 3 heterocycles. The van der Waals surface area contributed by atoms with E-state index in [1.807, 2.05) is 35.7 Å². The lowest BCUT2D eigenvalue weighted by molar-refractivity contribution is -0.130. The van der Waals surface area contributed by atoms with E-state index in [2.05, 4.69) is 47.2 Å². The van der Waals surface area contributed by atoms with Crippen LogP contribution in [-0.4, -0.2) is 32.3 Å². The predicted molar refractivity (Wildman–Crippen MR) is 127 cm³/mol. The van der Waals surface area contributed by atoms with Gasteiger partial charge in [0.15, 0.2) is 0 Å². The number of benzene rings is 2. The number of thioether (sulfide) groups is 1. The third-order valence-corrected chi connectivity index (χ3v) is 7.18. The van der Waals surface area contributed by atoms with E-state index in [-0.39, 0.29) is 17.7 Å². The summed E-state index contributed by atoms with van der Waals surface area (Å²) in [6, 6.07) is 20.2. The van der Waals surface area contributed by atoms with Crippen molar-refractivity contribution in [2.24, 2.45) is 5.10 Å². The largest absolute Gasteiger partial charge is 0.272 e. The Morgan fingerprint density at radius 2 is 1.94 bits per heavy atom. The minimum atomic E-state index is -0.0899. The van der Waals surface area contributed by atoms with E-state index < -0.39 is 0 Å². The summed E-state index contributed by atoms with van der Waals surface area (Å²) in [5, 5.41) is 10.2. The average molecular weight is 445 g/mol. The second kappa shape index (κ2) is 8.61. The maximum absolute atomic E-state index is 13.3. The standard InChI is InChI=1S/C24H20N4OS2/c1-16-8-10-17(11-9-16)21-13-20(22-7-4-12-30-22)27-28(21)23(29)14-31-24-18-5-2-3-6-19(18)25-15-26-24/h2-12,15,21H,13-14H2,1H3/t21-/m0/s1. The first-order chi connectivity index (χ1) is 15.2. The summed E-state index contributed by atoms with van der Waals surface area (Å²) < 4.78 is 0. The molecule has 31 heavy (non-hydrogen) atoms. The summed E-state index contributed by atoms with van der Waals surface area (Å²) in [5.74, 6) is 0.245. The van der Waals surface area contributed by atoms with E-state index in [9.17, 15) is 4.79 Å². The van der Waals surface area contributed by atoms with Gasteiger partial charge in [-0.2, -0.15) is 5.10 Å². The normalized spacial score (nSPS) is 16.0. The molecule has 0 saturated carbocycles. The monoisotopic (exact) mass is 444 g/mol. The van der Waals surface area contributed by atoms with Gasteiger partial charge in [0.1, 0.15) is 11.4 Å². The molecule has 0 unspecified atom stereocenters. The third-order valence-electron chi connectivity index (χ3n) is 5.27. The van der Waals surface area contributed by atoms with Crippen molar-refractivity contribution in [3.05, 3.63) is 88.4 Å². The Bertz CT molecular complexity index is 1250. The molecule has 2 aromatic carbocycles. The minimum absolute atomic E-state index is 0.0233. The van der Waals surface area contributed by atoms with E-state index in [0.717, 1.165) is 38.5 Å². The smallest absolute Gasteiger partial charge is 0.253 e. The molecule has 1 atom stereocenters. The first-order valence-electron chi connectivity index (χ1n) is 10.0. The predicted octanol–water partition coefficient (Wildman–Crippen LogP) is 5.47. The second-order valence-electron chi connectivity index (χ2n) is 7.38. The van der Waals surface area contributed by atoms with Crippen LogP contribution in [0.2, 0.25) is 0 Å². The summed E-state index contributed by atoms with van der Waals surface area (Å²) >= 11 is 3.09. The molecule has 0 bridgehead atoms. The van der Waals surface area contributed by atoms with Gasteiger partial charge in [0.05, 0.1) is 27.9 Å². The Morgan fingerprint density at radius 3 is 2.74 bits per heavy atom. The molecule has 1 aliphatic rings. The van der Waals surface area contributed by atoms with Crippen molar-refractivity contribution in [2.45, 2.75) is 24.4 Å². The van der Waals surface area contributed by atoms with Crippen molar-refractivity contribution in [1.82, 2.24) is 15.0 Å². The first-order valence-corrected chi connectivity index (χ1v) is 11.9. The number of hydrazone groups is 1. The van der Waals surface area contributed by atoms with Gasteiger partial charge in [-0.25, -0.2) is 15.0 Å². The molecule has 0 aliphatic carbocycles. The van der Waals surface area contributed by atoms with Crippen molar-refractivity contribution in [1.29, 1.82) is 0 Å². The van der Waals surface area contributed by atoms with Crippen LogP contribution in [0.15, 0.2) is 82.5 Å². The number of amides is 1. The minimum Gasteiger partial charge on any atom is -0.272 e. The molecule has 154 valence electrons. The highest BCUT2D eigenvalue weighted by molar-refractivity contribution is 8.00. The third kappa shape index (κ3) is 4.11. The number of aryl methyl sites for hydroxylation is 1. The lowest BCUT2D eigenvalue weighted by Crippen LogP contribution is -2.28. The van der Waals surface area contributed by atoms with Crippen molar-refractivity contribution in [3.8, 4) is 0 Å². The molecule has 5 nitrogen and oxygen atoms in total. The van der Waals surface area contributed by atoms with Crippen LogP contribution in [0.25, 0.3) is 10.9 Å². The molecule has 2 aromatic heterocycles. The maximum Gasteiger partial charge on any atom is 0.253 e. The number of carbonyl (C=O) groups excluding carboxylic acids is 1. The number of thiophene rings is 1. The quantitative estimate of drug-likeness (QED) is 0.303. The average Bonchev–Trinajstić information content (AvgIpc) is 3.48. The van der Waals surface area contributed by atoms with E-state index in [4.69, 9.17) is 5.10 Å². The molecule has 1 amide bonds. The Hall–Kier alpha value is -3.03. The summed E-state index contributed by atoms with van der Waals surface area (Å²) in [7, 11) is 0. The molecule has 5 rings (SSSR count). The number of nitrogens with zero attached hydrogens (tertiary/aromatic N) is 4. The van der Waals surface area contributed by atoms with Gasteiger partial charge in [0.2, 0.25) is 0 Å². The second-order valence-corrected chi connectivity index (χ2v) is 9.29. The van der Waals surface area contributed by atoms with Gasteiger partial charge in [-0.05, 0) is 30.0 Å². The molecule has 0 fully saturated rings. The van der Waals surface area contributed by atoms with Crippen molar-refractivity contribution >= 4 is 45.6 Å². The lowest BCUT2D eigenvalue weighted by atomic mass is 10.00. The summed E-state index contributed by atoms with van der Waals surface area (Å²) in [5.41, 5.74) is 4.15. The van der Waals surface area contributed by atoms with Gasteiger partial charge in [-0.3, -0.25) is 4.79 Å². The number of rotatable bonds is 5. The molecule has 7 heteroatoms. The molecule has 0 N–H and O–H groups in total. The number of hydrogen-bond donors (Lipinski definition) is 0. The van der Waals surface area contributed by atoms with Crippen LogP contribution in [0.3, 0.4) is 0 Å². The lowest BCUT2D eigenvalue weighted by Gasteiger charge is -2.22. The topological polar surface area (TPSA) is 58.5 Å². The van der Waals surface area contributed by atoms with Gasteiger partial charge in [-0.1, -0.05) is 65.9 Å². The van der Waals surface area contributed by atoms with Crippen molar-refractivity contribution in [3.63, 3.8) is 0 Å². The zero-order chi connectivity index (χ0) is 21.2. The van der Waals surface area contributed by atoms with Crippen LogP contribution in [0.1, 0.15) is 28.5 Å². The van der Waals surface area contributed by atoms with Gasteiger partial charge in [-0.15, -0.1) is 11.3 Å². The molecular weight excluding hydrogens is 424 g/mol. The van der Waals surface area contributed by atoms with Crippen LogP contribution in [0.4, 0.5) is 0 Å². The SMILES string of the molecule is Cc1ccc([C@@H]2CC(c3cccs3)=NN2C(=O)CSc2ncnc3ccccc23)cc1. The Morgan fingerprint density at radius 1 is 1.10 bits per heavy atom. The molecular formula is C24H20N4OS2. The molecule has 0 spiro atoms. The fourth-order valence-corrected chi connectivity index (χ4v) is 5.23. The zero-order valence-electron chi connectivity index (χ0n) is 16.9. The highest BCUT2D eigenvalue weighted by Crippen LogP contribution is 2.35. The van der Waals surface area contributed by atoms with E-state index in [0.29, 0.717) is 0 Å². The van der Waals surface area contributed by atoms with E-state index in [1.54, 1.807) is 22.7 Å². The number of hydrogen-bond acceptors (Lipinski definition) is 6. The van der Waals surface area contributed by atoms with Crippen LogP contribution < -0.4 is 0 Å². The first kappa shape index (κ1) is 19.9. The summed E-state index contributed by atoms with van der Waals surface area (Å²) in [6.45, 7) is 2.07. The summed E-state index contributed by atoms with van der Waals surface area (Å²) in [4.78, 5) is 23.1. The highest BCUT2D eigenvalue weighted by Gasteiger charge is 2.33. The Balaban J connectivity index is 1.40. The van der Waals surface area contributed by atoms with Crippen LogP contribution in [0.5, 0.6) is 0 Å². The number of para-hydroxylation sites is 1. The maximum atomic E-state index is 13.3. The number of fused-ring (bicyclic) bond motifs is 1.